The number of aromatic nitrogens is 2. The zero-order valence-corrected chi connectivity index (χ0v) is 43.6. The van der Waals surface area contributed by atoms with E-state index in [1.165, 1.54) is 7.11 Å². The van der Waals surface area contributed by atoms with Gasteiger partial charge in [0.25, 0.3) is 11.5 Å². The number of carbonyl (C=O) groups is 1. The quantitative estimate of drug-likeness (QED) is 0.124. The molecule has 0 unspecified atom stereocenters. The van der Waals surface area contributed by atoms with Crippen LogP contribution in [0.2, 0.25) is 20.2 Å². The molecule has 0 aliphatic heterocycles. The van der Waals surface area contributed by atoms with Crippen LogP contribution < -0.4 is 34.0 Å². The molecule has 1 amide bonds. The molecule has 8 aromatic rings. The molecule has 0 atom stereocenters. The highest BCUT2D eigenvalue weighted by Crippen LogP contribution is 2.34. The van der Waals surface area contributed by atoms with E-state index in [0.29, 0.717) is 59.9 Å². The van der Waals surface area contributed by atoms with E-state index in [4.69, 9.17) is 80.1 Å². The first-order valence-corrected chi connectivity index (χ1v) is 23.4. The maximum absolute atomic E-state index is 12.2. The van der Waals surface area contributed by atoms with Gasteiger partial charge in [0.15, 0.2) is 0 Å². The fourth-order valence-electron chi connectivity index (χ4n) is 7.08. The number of benzene rings is 6. The van der Waals surface area contributed by atoms with E-state index < -0.39 is 0 Å². The normalized spacial score (nSPS) is 10.3. The number of aryl methyl sites for hydroxylation is 1. The SMILES string of the molecule is CCN(CC)C(=O)c1ccc(OC)cc1C.COc1ccc(C#N)cc1Cl.COc1ccc2c(=O)[nH]c(-c3ccc(OC)c(Cl)c3)cc2c1.COc1ccc2c(Cl)nc(-c3ccc(OC)c(Cl)c3)cc2c1. The second-order valence-electron chi connectivity index (χ2n) is 15.2. The third-order valence-electron chi connectivity index (χ3n) is 10.9. The predicted octanol–water partition coefficient (Wildman–Crippen LogP) is 13.8. The minimum Gasteiger partial charge on any atom is -0.497 e. The molecular formula is C55H52Cl4N4O8. The van der Waals surface area contributed by atoms with Crippen molar-refractivity contribution in [3.63, 3.8) is 0 Å². The number of carbonyl (C=O) groups excluding carboxylic acids is 1. The Morgan fingerprint density at radius 1 is 0.592 bits per heavy atom. The van der Waals surface area contributed by atoms with Crippen molar-refractivity contribution in [2.24, 2.45) is 0 Å². The molecule has 6 aromatic carbocycles. The molecule has 0 aliphatic rings. The number of hydrogen-bond acceptors (Lipinski definition) is 10. The van der Waals surface area contributed by atoms with Gasteiger partial charge in [-0.2, -0.15) is 5.26 Å². The zero-order chi connectivity index (χ0) is 51.8. The minimum atomic E-state index is -0.151. The highest BCUT2D eigenvalue weighted by Gasteiger charge is 2.15. The molecule has 0 radical (unpaired) electrons. The summed E-state index contributed by atoms with van der Waals surface area (Å²) >= 11 is 24.4. The fraction of sp³-hybridized carbons (Fsp3) is 0.200. The minimum absolute atomic E-state index is 0.0881. The van der Waals surface area contributed by atoms with E-state index in [1.54, 1.807) is 78.0 Å². The molecule has 1 N–H and O–H groups in total. The first-order valence-electron chi connectivity index (χ1n) is 21.9. The highest BCUT2D eigenvalue weighted by molar-refractivity contribution is 6.35. The molecule has 71 heavy (non-hydrogen) atoms. The summed E-state index contributed by atoms with van der Waals surface area (Å²) in [6.07, 6.45) is 0. The Labute approximate surface area is 433 Å². The summed E-state index contributed by atoms with van der Waals surface area (Å²) in [5.74, 6) is 4.16. The van der Waals surface area contributed by atoms with Crippen LogP contribution in [0.15, 0.2) is 126 Å². The molecule has 0 saturated carbocycles. The Bertz CT molecular complexity index is 3250. The van der Waals surface area contributed by atoms with Crippen LogP contribution in [0.5, 0.6) is 34.5 Å². The molecule has 8 rings (SSSR count). The summed E-state index contributed by atoms with van der Waals surface area (Å²) in [7, 11) is 9.53. The number of nitrogens with one attached hydrogen (secondary N) is 1. The summed E-state index contributed by atoms with van der Waals surface area (Å²) in [6.45, 7) is 7.38. The number of halogens is 4. The van der Waals surface area contributed by atoms with Crippen LogP contribution in [-0.4, -0.2) is 76.5 Å². The highest BCUT2D eigenvalue weighted by atomic mass is 35.5. The van der Waals surface area contributed by atoms with Crippen molar-refractivity contribution in [3.8, 4) is 63.1 Å². The maximum Gasteiger partial charge on any atom is 0.256 e. The Hall–Kier alpha value is -7.14. The molecule has 0 bridgehead atoms. The fourth-order valence-corrected chi connectivity index (χ4v) is 8.12. The number of amides is 1. The van der Waals surface area contributed by atoms with E-state index in [0.717, 1.165) is 68.7 Å². The van der Waals surface area contributed by atoms with Crippen LogP contribution in [0.3, 0.4) is 0 Å². The summed E-state index contributed by atoms with van der Waals surface area (Å²) < 4.78 is 30.8. The number of aromatic amines is 1. The van der Waals surface area contributed by atoms with Crippen molar-refractivity contribution in [2.75, 3.05) is 55.7 Å². The molecule has 0 saturated heterocycles. The predicted molar refractivity (Wildman–Crippen MR) is 286 cm³/mol. The number of nitrogens with zero attached hydrogens (tertiary/aromatic N) is 3. The van der Waals surface area contributed by atoms with Crippen molar-refractivity contribution in [2.45, 2.75) is 20.8 Å². The molecule has 2 heterocycles. The molecular weight excluding hydrogens is 986 g/mol. The van der Waals surface area contributed by atoms with Gasteiger partial charge in [0, 0.05) is 40.7 Å². The van der Waals surface area contributed by atoms with Gasteiger partial charge in [0.05, 0.1) is 75.1 Å². The van der Waals surface area contributed by atoms with Crippen molar-refractivity contribution in [1.82, 2.24) is 14.9 Å². The summed E-state index contributed by atoms with van der Waals surface area (Å²) in [4.78, 5) is 33.5. The molecule has 368 valence electrons. The van der Waals surface area contributed by atoms with Crippen LogP contribution in [0.1, 0.15) is 35.3 Å². The van der Waals surface area contributed by atoms with Gasteiger partial charge < -0.3 is 38.3 Å². The number of ether oxygens (including phenoxy) is 6. The van der Waals surface area contributed by atoms with Gasteiger partial charge in [-0.3, -0.25) is 9.59 Å². The molecule has 0 spiro atoms. The molecule has 0 fully saturated rings. The van der Waals surface area contributed by atoms with Gasteiger partial charge in [-0.25, -0.2) is 4.98 Å². The molecule has 12 nitrogen and oxygen atoms in total. The third-order valence-corrected chi connectivity index (χ3v) is 12.1. The Kier molecular flexibility index (Phi) is 20.2. The molecule has 16 heteroatoms. The first kappa shape index (κ1) is 54.8. The molecule has 2 aromatic heterocycles. The Morgan fingerprint density at radius 2 is 1.08 bits per heavy atom. The van der Waals surface area contributed by atoms with E-state index in [2.05, 4.69) is 9.97 Å². The summed E-state index contributed by atoms with van der Waals surface area (Å²) in [5, 5.41) is 13.7. The Balaban J connectivity index is 0.000000182. The smallest absolute Gasteiger partial charge is 0.256 e. The van der Waals surface area contributed by atoms with E-state index >= 15 is 0 Å². The monoisotopic (exact) mass is 1040 g/mol. The second-order valence-corrected chi connectivity index (χ2v) is 16.7. The van der Waals surface area contributed by atoms with E-state index in [1.807, 2.05) is 111 Å². The lowest BCUT2D eigenvalue weighted by Crippen LogP contribution is -2.30. The second kappa shape index (κ2) is 26.2. The van der Waals surface area contributed by atoms with Crippen LogP contribution in [0.25, 0.3) is 44.1 Å². The lowest BCUT2D eigenvalue weighted by atomic mass is 10.1. The number of pyridine rings is 2. The lowest BCUT2D eigenvalue weighted by Gasteiger charge is -2.19. The van der Waals surface area contributed by atoms with Crippen LogP contribution in [0, 0.1) is 18.3 Å². The standard InChI is InChI=1S/C17H13Cl2NO2.C17H14ClNO3.C13H19NO2.C8H6ClNO/c1-21-12-4-5-13-11(7-12)9-15(20-17(13)19)10-3-6-16(22-2)14(18)8-10;1-21-12-4-5-13-11(7-12)9-15(19-17(13)20)10-3-6-16(22-2)14(18)8-10;1-5-14(6-2)13(15)12-8-7-11(16-4)9-10(12)3;1-11-8-3-2-6(5-10)4-7(8)9/h3-9H,1-2H3;3-9H,1-2H3,(H,19,20);7-9H,5-6H2,1-4H3;2-4H,1H3. The van der Waals surface area contributed by atoms with Crippen LogP contribution in [-0.2, 0) is 0 Å². The lowest BCUT2D eigenvalue weighted by molar-refractivity contribution is 0.0772. The summed E-state index contributed by atoms with van der Waals surface area (Å²) in [5.41, 5.74) is 5.22. The number of H-pyrrole nitrogens is 1. The Morgan fingerprint density at radius 3 is 1.59 bits per heavy atom. The van der Waals surface area contributed by atoms with Crippen molar-refractivity contribution >= 4 is 73.9 Å². The van der Waals surface area contributed by atoms with Gasteiger partial charge in [-0.1, -0.05) is 46.4 Å². The first-order chi connectivity index (χ1) is 34.1. The average Bonchev–Trinajstić information content (AvgIpc) is 3.38. The number of fused-ring (bicyclic) bond motifs is 2. The van der Waals surface area contributed by atoms with Gasteiger partial charge in [-0.05, 0) is 164 Å². The number of nitriles is 1. The van der Waals surface area contributed by atoms with E-state index in [-0.39, 0.29) is 11.5 Å². The topological polar surface area (TPSA) is 145 Å². The number of hydrogen-bond donors (Lipinski definition) is 1. The van der Waals surface area contributed by atoms with Crippen LogP contribution in [0.4, 0.5) is 0 Å². The average molecular weight is 1040 g/mol. The van der Waals surface area contributed by atoms with Gasteiger partial charge in [0.2, 0.25) is 0 Å². The number of rotatable bonds is 11. The molecule has 0 aliphatic carbocycles. The van der Waals surface area contributed by atoms with Crippen molar-refractivity contribution in [3.05, 3.63) is 169 Å². The van der Waals surface area contributed by atoms with Crippen molar-refractivity contribution < 1.29 is 33.2 Å². The third kappa shape index (κ3) is 14.0. The van der Waals surface area contributed by atoms with E-state index in [9.17, 15) is 9.59 Å². The zero-order valence-electron chi connectivity index (χ0n) is 40.6. The van der Waals surface area contributed by atoms with Gasteiger partial charge in [0.1, 0.15) is 39.7 Å². The van der Waals surface area contributed by atoms with Crippen molar-refractivity contribution in [1.29, 1.82) is 5.26 Å². The van der Waals surface area contributed by atoms with Gasteiger partial charge >= 0.3 is 0 Å². The maximum atomic E-state index is 12.2. The largest absolute Gasteiger partial charge is 0.497 e. The van der Waals surface area contributed by atoms with Gasteiger partial charge in [-0.15, -0.1) is 0 Å². The summed E-state index contributed by atoms with van der Waals surface area (Å²) in [6, 6.07) is 38.2. The van der Waals surface area contributed by atoms with Crippen LogP contribution >= 0.6 is 46.4 Å². The number of methoxy groups -OCH3 is 6.